The third-order valence-electron chi connectivity index (χ3n) is 4.08. The molecule has 1 saturated carbocycles. The van der Waals surface area contributed by atoms with Crippen molar-refractivity contribution in [2.75, 3.05) is 7.05 Å². The van der Waals surface area contributed by atoms with Crippen LogP contribution in [0.15, 0.2) is 18.3 Å². The second-order valence-electron chi connectivity index (χ2n) is 5.57. The Bertz CT molecular complexity index is 490. The van der Waals surface area contributed by atoms with Crippen molar-refractivity contribution in [1.82, 2.24) is 9.88 Å². The number of carboxylic acids is 1. The molecule has 1 heterocycles. The molecule has 0 bridgehead atoms. The van der Waals surface area contributed by atoms with Crippen LogP contribution >= 0.6 is 0 Å². The van der Waals surface area contributed by atoms with E-state index in [9.17, 15) is 9.59 Å². The van der Waals surface area contributed by atoms with Crippen LogP contribution in [0, 0.1) is 5.92 Å². The molecule has 1 fully saturated rings. The summed E-state index contributed by atoms with van der Waals surface area (Å²) < 4.78 is 0. The van der Waals surface area contributed by atoms with Gasteiger partial charge in [0.2, 0.25) is 0 Å². The molecule has 1 N–H and O–H groups in total. The maximum Gasteiger partial charge on any atom is 0.354 e. The Balaban J connectivity index is 2.04. The van der Waals surface area contributed by atoms with Gasteiger partial charge in [-0.2, -0.15) is 0 Å². The minimum absolute atomic E-state index is 0.0457. The van der Waals surface area contributed by atoms with Crippen molar-refractivity contribution < 1.29 is 14.7 Å². The van der Waals surface area contributed by atoms with Crippen LogP contribution < -0.4 is 0 Å². The van der Waals surface area contributed by atoms with Gasteiger partial charge in [0.1, 0.15) is 5.69 Å². The molecule has 1 aliphatic carbocycles. The first-order valence-electron chi connectivity index (χ1n) is 6.95. The molecule has 0 saturated heterocycles. The molecule has 0 unspecified atom stereocenters. The summed E-state index contributed by atoms with van der Waals surface area (Å²) in [5.41, 5.74) is 0.395. The minimum atomic E-state index is -1.08. The number of nitrogens with zero attached hydrogens (tertiary/aromatic N) is 2. The topological polar surface area (TPSA) is 70.5 Å². The van der Waals surface area contributed by atoms with Crippen molar-refractivity contribution in [3.05, 3.63) is 29.6 Å². The van der Waals surface area contributed by atoms with Crippen LogP contribution in [0.1, 0.15) is 53.5 Å². The molecule has 5 heteroatoms. The van der Waals surface area contributed by atoms with Gasteiger partial charge in [0.15, 0.2) is 0 Å². The molecule has 0 atom stereocenters. The van der Waals surface area contributed by atoms with E-state index in [0.29, 0.717) is 5.56 Å². The summed E-state index contributed by atoms with van der Waals surface area (Å²) >= 11 is 0. The number of rotatable bonds is 3. The average molecular weight is 276 g/mol. The molecule has 2 rings (SSSR count). The summed E-state index contributed by atoms with van der Waals surface area (Å²) in [5.74, 6) is -0.432. The Morgan fingerprint density at radius 3 is 2.40 bits per heavy atom. The summed E-state index contributed by atoms with van der Waals surface area (Å²) in [5, 5.41) is 8.79. The second kappa shape index (κ2) is 6.03. The number of carboxylic acid groups (broad SMARTS) is 1. The van der Waals surface area contributed by atoms with Gasteiger partial charge >= 0.3 is 5.97 Å². The molecule has 1 aromatic heterocycles. The Labute approximate surface area is 118 Å². The maximum atomic E-state index is 12.3. The fraction of sp³-hybridized carbons (Fsp3) is 0.533. The van der Waals surface area contributed by atoms with Gasteiger partial charge in [-0.3, -0.25) is 4.79 Å². The van der Waals surface area contributed by atoms with Gasteiger partial charge in [-0.1, -0.05) is 6.92 Å². The third-order valence-corrected chi connectivity index (χ3v) is 4.08. The van der Waals surface area contributed by atoms with Crippen LogP contribution in [0.4, 0.5) is 0 Å². The Hall–Kier alpha value is -1.91. The highest BCUT2D eigenvalue weighted by Gasteiger charge is 2.25. The van der Waals surface area contributed by atoms with Crippen LogP contribution in [0.3, 0.4) is 0 Å². The van der Waals surface area contributed by atoms with E-state index in [1.165, 1.54) is 18.3 Å². The van der Waals surface area contributed by atoms with Crippen LogP contribution in [-0.2, 0) is 0 Å². The van der Waals surface area contributed by atoms with Gasteiger partial charge < -0.3 is 10.0 Å². The monoisotopic (exact) mass is 276 g/mol. The van der Waals surface area contributed by atoms with E-state index < -0.39 is 5.97 Å². The summed E-state index contributed by atoms with van der Waals surface area (Å²) in [6, 6.07) is 3.17. The van der Waals surface area contributed by atoms with E-state index in [2.05, 4.69) is 11.9 Å². The highest BCUT2D eigenvalue weighted by atomic mass is 16.4. The quantitative estimate of drug-likeness (QED) is 0.920. The molecule has 1 aliphatic rings. The van der Waals surface area contributed by atoms with E-state index in [4.69, 9.17) is 5.11 Å². The minimum Gasteiger partial charge on any atom is -0.477 e. The third kappa shape index (κ3) is 3.15. The highest BCUT2D eigenvalue weighted by molar-refractivity contribution is 5.94. The first-order chi connectivity index (χ1) is 9.49. The Morgan fingerprint density at radius 2 is 1.90 bits per heavy atom. The van der Waals surface area contributed by atoms with Gasteiger partial charge in [0, 0.05) is 19.3 Å². The number of amides is 1. The molecule has 1 amide bonds. The molecule has 20 heavy (non-hydrogen) atoms. The Morgan fingerprint density at radius 1 is 1.25 bits per heavy atom. The van der Waals surface area contributed by atoms with Crippen LogP contribution in [0.5, 0.6) is 0 Å². The number of carbonyl (C=O) groups excluding carboxylic acids is 1. The molecule has 0 radical (unpaired) electrons. The van der Waals surface area contributed by atoms with Gasteiger partial charge in [-0.15, -0.1) is 0 Å². The molecule has 0 spiro atoms. The van der Waals surface area contributed by atoms with Gasteiger partial charge in [-0.25, -0.2) is 9.78 Å². The first-order valence-corrected chi connectivity index (χ1v) is 6.95. The van der Waals surface area contributed by atoms with Crippen molar-refractivity contribution in [2.45, 2.75) is 38.6 Å². The number of hydrogen-bond donors (Lipinski definition) is 1. The standard InChI is InChI=1S/C15H20N2O3/c1-10-3-6-12(7-4-10)17(2)14(18)11-5-8-13(15(19)20)16-9-11/h5,8-10,12H,3-4,6-7H2,1-2H3,(H,19,20). The van der Waals surface area contributed by atoms with Crippen LogP contribution in [0.25, 0.3) is 0 Å². The summed E-state index contributed by atoms with van der Waals surface area (Å²) in [6.07, 6.45) is 5.71. The second-order valence-corrected chi connectivity index (χ2v) is 5.57. The predicted molar refractivity (Wildman–Crippen MR) is 74.7 cm³/mol. The lowest BCUT2D eigenvalue weighted by Gasteiger charge is -2.33. The van der Waals surface area contributed by atoms with E-state index in [1.54, 1.807) is 4.90 Å². The number of carbonyl (C=O) groups is 2. The number of aromatic nitrogens is 1. The lowest BCUT2D eigenvalue weighted by molar-refractivity contribution is 0.0668. The summed E-state index contributed by atoms with van der Waals surface area (Å²) in [6.45, 7) is 2.24. The lowest BCUT2D eigenvalue weighted by Crippen LogP contribution is -2.39. The normalized spacial score (nSPS) is 22.3. The largest absolute Gasteiger partial charge is 0.477 e. The van der Waals surface area contributed by atoms with Gasteiger partial charge in [0.25, 0.3) is 5.91 Å². The Kier molecular flexibility index (Phi) is 4.37. The summed E-state index contributed by atoms with van der Waals surface area (Å²) in [4.78, 5) is 28.6. The maximum absolute atomic E-state index is 12.3. The zero-order valence-electron chi connectivity index (χ0n) is 11.9. The van der Waals surface area contributed by atoms with Crippen molar-refractivity contribution in [2.24, 2.45) is 5.92 Å². The van der Waals surface area contributed by atoms with Crippen molar-refractivity contribution in [3.8, 4) is 0 Å². The number of aromatic carboxylic acids is 1. The fourth-order valence-corrected chi connectivity index (χ4v) is 2.65. The molecular weight excluding hydrogens is 256 g/mol. The van der Waals surface area contributed by atoms with Crippen molar-refractivity contribution in [1.29, 1.82) is 0 Å². The first kappa shape index (κ1) is 14.5. The van der Waals surface area contributed by atoms with Crippen molar-refractivity contribution in [3.63, 3.8) is 0 Å². The number of hydrogen-bond acceptors (Lipinski definition) is 3. The van der Waals surface area contributed by atoms with E-state index >= 15 is 0 Å². The summed E-state index contributed by atoms with van der Waals surface area (Å²) in [7, 11) is 1.81. The molecule has 5 nitrogen and oxygen atoms in total. The zero-order chi connectivity index (χ0) is 14.7. The molecular formula is C15H20N2O3. The van der Waals surface area contributed by atoms with E-state index in [0.717, 1.165) is 31.6 Å². The zero-order valence-corrected chi connectivity index (χ0v) is 11.9. The molecule has 0 aliphatic heterocycles. The van der Waals surface area contributed by atoms with E-state index in [-0.39, 0.29) is 17.6 Å². The van der Waals surface area contributed by atoms with Crippen LogP contribution in [-0.4, -0.2) is 40.0 Å². The van der Waals surface area contributed by atoms with Crippen LogP contribution in [0.2, 0.25) is 0 Å². The van der Waals surface area contributed by atoms with Gasteiger partial charge in [0.05, 0.1) is 5.56 Å². The van der Waals surface area contributed by atoms with E-state index in [1.807, 2.05) is 7.05 Å². The number of pyridine rings is 1. The molecule has 0 aromatic carbocycles. The predicted octanol–water partition coefficient (Wildman–Crippen LogP) is 2.43. The fourth-order valence-electron chi connectivity index (χ4n) is 2.65. The highest BCUT2D eigenvalue weighted by Crippen LogP contribution is 2.27. The van der Waals surface area contributed by atoms with Crippen molar-refractivity contribution >= 4 is 11.9 Å². The molecule has 108 valence electrons. The molecule has 1 aromatic rings. The van der Waals surface area contributed by atoms with Gasteiger partial charge in [-0.05, 0) is 43.7 Å². The average Bonchev–Trinajstić information content (AvgIpc) is 2.46. The SMILES string of the molecule is CC1CCC(N(C)C(=O)c2ccc(C(=O)O)nc2)CC1. The smallest absolute Gasteiger partial charge is 0.354 e. The lowest BCUT2D eigenvalue weighted by atomic mass is 9.86.